The molecule has 7 nitrogen and oxygen atoms in total. The van der Waals surface area contributed by atoms with Gasteiger partial charge in [0.05, 0.1) is 5.75 Å². The zero-order valence-corrected chi connectivity index (χ0v) is 14.5. The Kier molecular flexibility index (Phi) is 4.54. The Labute approximate surface area is 145 Å². The number of alkyl carbamates (subject to hydrolysis) is 1. The minimum absolute atomic E-state index is 0.166. The Morgan fingerprint density at radius 2 is 1.84 bits per heavy atom. The van der Waals surface area contributed by atoms with Crippen LogP contribution in [0.1, 0.15) is 31.2 Å². The molecule has 3 rings (SSSR count). The monoisotopic (exact) mass is 370 g/mol. The van der Waals surface area contributed by atoms with E-state index < -0.39 is 33.4 Å². The fourth-order valence-corrected chi connectivity index (χ4v) is 5.12. The number of amides is 1. The van der Waals surface area contributed by atoms with Crippen molar-refractivity contribution in [3.05, 3.63) is 35.6 Å². The zero-order chi connectivity index (χ0) is 18.2. The summed E-state index contributed by atoms with van der Waals surface area (Å²) in [6, 6.07) is 6.23. The topological polar surface area (TPSA) is 92.8 Å². The van der Waals surface area contributed by atoms with Crippen molar-refractivity contribution in [1.29, 1.82) is 0 Å². The molecule has 2 fully saturated rings. The highest BCUT2D eigenvalue weighted by atomic mass is 32.2. The van der Waals surface area contributed by atoms with Gasteiger partial charge in [0, 0.05) is 13.1 Å². The number of halogens is 1. The first kappa shape index (κ1) is 17.8. The van der Waals surface area contributed by atoms with Crippen LogP contribution in [-0.4, -0.2) is 49.2 Å². The molecule has 1 unspecified atom stereocenters. The molecule has 0 bridgehead atoms. The number of hydrogen-bond acceptors (Lipinski definition) is 5. The summed E-state index contributed by atoms with van der Waals surface area (Å²) in [5.41, 5.74) is -0.582. The molecule has 9 heteroatoms. The maximum atomic E-state index is 13.0. The number of rotatable bonds is 4. The predicted octanol–water partition coefficient (Wildman–Crippen LogP) is 1.36. The molecule has 2 aliphatic heterocycles. The first-order chi connectivity index (χ1) is 11.7. The zero-order valence-electron chi connectivity index (χ0n) is 13.7. The number of sulfonamides is 1. The van der Waals surface area contributed by atoms with E-state index in [-0.39, 0.29) is 11.7 Å². The molecule has 1 atom stereocenters. The molecule has 0 radical (unpaired) electrons. The van der Waals surface area contributed by atoms with Crippen LogP contribution in [0.4, 0.5) is 9.18 Å². The smallest absolute Gasteiger partial charge is 0.374 e. The van der Waals surface area contributed by atoms with Crippen LogP contribution in [0.5, 0.6) is 0 Å². The lowest BCUT2D eigenvalue weighted by Crippen LogP contribution is -2.53. The average Bonchev–Trinajstić information content (AvgIpc) is 2.79. The van der Waals surface area contributed by atoms with Crippen LogP contribution in [0.25, 0.3) is 0 Å². The van der Waals surface area contributed by atoms with Gasteiger partial charge in [-0.15, -0.1) is 0 Å². The first-order valence-electron chi connectivity index (χ1n) is 7.97. The van der Waals surface area contributed by atoms with Gasteiger partial charge in [0.1, 0.15) is 5.82 Å². The standard InChI is InChI=1S/C16H19FN2O5S/c1-16(14(20)24-15(21)18-16)10-25(22,23)19-8-6-12(7-9-19)11-2-4-13(17)5-3-11/h2-5,12H,6-10H2,1H3,(H,18,21). The van der Waals surface area contributed by atoms with Crippen molar-refractivity contribution < 1.29 is 27.1 Å². The van der Waals surface area contributed by atoms with Crippen molar-refractivity contribution in [2.75, 3.05) is 18.8 Å². The van der Waals surface area contributed by atoms with Crippen LogP contribution in [0.15, 0.2) is 24.3 Å². The van der Waals surface area contributed by atoms with Gasteiger partial charge in [0.25, 0.3) is 0 Å². The van der Waals surface area contributed by atoms with Crippen LogP contribution in [0.2, 0.25) is 0 Å². The molecule has 0 aliphatic carbocycles. The van der Waals surface area contributed by atoms with Gasteiger partial charge in [-0.2, -0.15) is 0 Å². The Hall–Kier alpha value is -2.00. The van der Waals surface area contributed by atoms with E-state index in [4.69, 9.17) is 0 Å². The van der Waals surface area contributed by atoms with Crippen molar-refractivity contribution in [3.63, 3.8) is 0 Å². The maximum absolute atomic E-state index is 13.0. The third-order valence-corrected chi connectivity index (χ3v) is 6.77. The molecular formula is C16H19FN2O5S. The highest BCUT2D eigenvalue weighted by molar-refractivity contribution is 7.89. The summed E-state index contributed by atoms with van der Waals surface area (Å²) < 4.78 is 43.9. The fraction of sp³-hybridized carbons (Fsp3) is 0.500. The summed E-state index contributed by atoms with van der Waals surface area (Å²) in [6.07, 6.45) is 0.286. The number of carbonyl (C=O) groups excluding carboxylic acids is 2. The summed E-state index contributed by atoms with van der Waals surface area (Å²) in [7, 11) is -3.74. The summed E-state index contributed by atoms with van der Waals surface area (Å²) in [5, 5.41) is 2.26. The van der Waals surface area contributed by atoms with E-state index in [2.05, 4.69) is 10.1 Å². The number of nitrogens with one attached hydrogen (secondary N) is 1. The molecule has 136 valence electrons. The number of nitrogens with zero attached hydrogens (tertiary/aromatic N) is 1. The van der Waals surface area contributed by atoms with E-state index in [0.29, 0.717) is 25.9 Å². The van der Waals surface area contributed by atoms with Gasteiger partial charge in [-0.1, -0.05) is 12.1 Å². The largest absolute Gasteiger partial charge is 0.415 e. The summed E-state index contributed by atoms with van der Waals surface area (Å²) >= 11 is 0. The Morgan fingerprint density at radius 3 is 2.36 bits per heavy atom. The van der Waals surface area contributed by atoms with Crippen molar-refractivity contribution in [1.82, 2.24) is 9.62 Å². The van der Waals surface area contributed by atoms with E-state index >= 15 is 0 Å². The number of ether oxygens (including phenoxy) is 1. The molecule has 1 aromatic rings. The van der Waals surface area contributed by atoms with Gasteiger partial charge in [-0.25, -0.2) is 26.7 Å². The molecule has 25 heavy (non-hydrogen) atoms. The second-order valence-corrected chi connectivity index (χ2v) is 8.58. The lowest BCUT2D eigenvalue weighted by molar-refractivity contribution is -0.138. The molecule has 0 saturated carbocycles. The Morgan fingerprint density at radius 1 is 1.24 bits per heavy atom. The minimum atomic E-state index is -3.74. The first-order valence-corrected chi connectivity index (χ1v) is 9.58. The second-order valence-electron chi connectivity index (χ2n) is 6.62. The van der Waals surface area contributed by atoms with Gasteiger partial charge in [-0.3, -0.25) is 0 Å². The van der Waals surface area contributed by atoms with E-state index in [0.717, 1.165) is 5.56 Å². The summed E-state index contributed by atoms with van der Waals surface area (Å²) in [6.45, 7) is 1.95. The van der Waals surface area contributed by atoms with Crippen LogP contribution in [0.3, 0.4) is 0 Å². The number of hydrogen-bond donors (Lipinski definition) is 1. The van der Waals surface area contributed by atoms with Gasteiger partial charge < -0.3 is 10.1 Å². The highest BCUT2D eigenvalue weighted by Crippen LogP contribution is 2.30. The van der Waals surface area contributed by atoms with Crippen LogP contribution < -0.4 is 5.32 Å². The lowest BCUT2D eigenvalue weighted by atomic mass is 9.90. The fourth-order valence-electron chi connectivity index (χ4n) is 3.25. The van der Waals surface area contributed by atoms with Crippen molar-refractivity contribution in [2.45, 2.75) is 31.2 Å². The number of esters is 1. The molecule has 1 amide bonds. The molecule has 2 saturated heterocycles. The minimum Gasteiger partial charge on any atom is -0.374 e. The number of carbonyl (C=O) groups is 2. The molecular weight excluding hydrogens is 351 g/mol. The van der Waals surface area contributed by atoms with Crippen LogP contribution >= 0.6 is 0 Å². The Bertz CT molecular complexity index is 787. The summed E-state index contributed by atoms with van der Waals surface area (Å²) in [4.78, 5) is 22.9. The second kappa shape index (κ2) is 6.38. The number of benzene rings is 1. The lowest BCUT2D eigenvalue weighted by Gasteiger charge is -2.33. The number of cyclic esters (lactones) is 2. The average molecular weight is 370 g/mol. The molecule has 2 aliphatic rings. The predicted molar refractivity (Wildman–Crippen MR) is 86.8 cm³/mol. The van der Waals surface area contributed by atoms with Crippen molar-refractivity contribution in [3.8, 4) is 0 Å². The van der Waals surface area contributed by atoms with Gasteiger partial charge >= 0.3 is 12.1 Å². The molecule has 0 aromatic heterocycles. The molecule has 1 N–H and O–H groups in total. The number of piperidine rings is 1. The van der Waals surface area contributed by atoms with Gasteiger partial charge in [0.2, 0.25) is 10.0 Å². The molecule has 1 aromatic carbocycles. The van der Waals surface area contributed by atoms with Gasteiger partial charge in [-0.05, 0) is 43.4 Å². The molecule has 0 spiro atoms. The third-order valence-electron chi connectivity index (χ3n) is 4.67. The van der Waals surface area contributed by atoms with E-state index in [1.54, 1.807) is 12.1 Å². The third kappa shape index (κ3) is 3.67. The van der Waals surface area contributed by atoms with Crippen molar-refractivity contribution >= 4 is 22.1 Å². The van der Waals surface area contributed by atoms with Crippen molar-refractivity contribution in [2.24, 2.45) is 0 Å². The normalized spacial score (nSPS) is 25.7. The van der Waals surface area contributed by atoms with Gasteiger partial charge in [0.15, 0.2) is 5.54 Å². The molecule has 2 heterocycles. The van der Waals surface area contributed by atoms with E-state index in [1.165, 1.54) is 23.4 Å². The quantitative estimate of drug-likeness (QED) is 0.638. The van der Waals surface area contributed by atoms with Crippen LogP contribution in [0, 0.1) is 5.82 Å². The highest BCUT2D eigenvalue weighted by Gasteiger charge is 2.49. The van der Waals surface area contributed by atoms with E-state index in [9.17, 15) is 22.4 Å². The Balaban J connectivity index is 1.64. The van der Waals surface area contributed by atoms with E-state index in [1.807, 2.05) is 0 Å². The summed E-state index contributed by atoms with van der Waals surface area (Å²) in [5.74, 6) is -1.56. The van der Waals surface area contributed by atoms with Crippen LogP contribution in [-0.2, 0) is 19.6 Å². The maximum Gasteiger partial charge on any atom is 0.415 e. The SMILES string of the molecule is CC1(CS(=O)(=O)N2CCC(c3ccc(F)cc3)CC2)NC(=O)OC1=O.